The molecular formula is C19H21BN4O9S2. The summed E-state index contributed by atoms with van der Waals surface area (Å²) in [6, 6.07) is 3.20. The lowest BCUT2D eigenvalue weighted by molar-refractivity contribution is -0.384. The number of carbonyl (C=O) groups excluding carboxylic acids is 2. The van der Waals surface area contributed by atoms with Crippen LogP contribution < -0.4 is 4.87 Å². The number of hydroxylamine groups is 1. The number of nitro benzene ring substituents is 1. The molecule has 2 aromatic rings. The van der Waals surface area contributed by atoms with Gasteiger partial charge in [-0.25, -0.2) is 8.42 Å². The first-order valence-electron chi connectivity index (χ1n) is 10.1. The van der Waals surface area contributed by atoms with Gasteiger partial charge in [0.15, 0.2) is 0 Å². The Morgan fingerprint density at radius 3 is 2.66 bits per heavy atom. The van der Waals surface area contributed by atoms with Crippen LogP contribution in [0.2, 0.25) is 0 Å². The lowest BCUT2D eigenvalue weighted by atomic mass is 9.90. The van der Waals surface area contributed by atoms with Gasteiger partial charge in [0.05, 0.1) is 46.3 Å². The first-order chi connectivity index (χ1) is 16.6. The van der Waals surface area contributed by atoms with Crippen LogP contribution in [0.15, 0.2) is 46.6 Å². The minimum Gasteiger partial charge on any atom is -0.468 e. The zero-order valence-electron chi connectivity index (χ0n) is 18.6. The number of benzene rings is 1. The van der Waals surface area contributed by atoms with Crippen molar-refractivity contribution < 1.29 is 32.5 Å². The van der Waals surface area contributed by atoms with Gasteiger partial charge in [0.1, 0.15) is 6.54 Å². The summed E-state index contributed by atoms with van der Waals surface area (Å²) in [4.78, 5) is 52.8. The first kappa shape index (κ1) is 26.4. The first-order valence-corrected chi connectivity index (χ1v) is 12.4. The van der Waals surface area contributed by atoms with Crippen LogP contribution in [-0.4, -0.2) is 67.0 Å². The van der Waals surface area contributed by atoms with Crippen LogP contribution in [0.1, 0.15) is 16.6 Å². The summed E-state index contributed by atoms with van der Waals surface area (Å²) < 4.78 is 33.7. The smallest absolute Gasteiger partial charge is 0.325 e. The predicted octanol–water partition coefficient (Wildman–Crippen LogP) is 0.198. The molecular weight excluding hydrogens is 503 g/mol. The molecule has 1 aromatic heterocycles. The summed E-state index contributed by atoms with van der Waals surface area (Å²) in [5, 5.41) is 11.0. The molecule has 0 saturated heterocycles. The van der Waals surface area contributed by atoms with Crippen molar-refractivity contribution in [3.63, 3.8) is 0 Å². The molecule has 1 aliphatic heterocycles. The highest BCUT2D eigenvalue weighted by Gasteiger charge is 2.41. The molecule has 0 amide bonds. The van der Waals surface area contributed by atoms with Gasteiger partial charge < -0.3 is 14.3 Å². The molecule has 186 valence electrons. The molecule has 35 heavy (non-hydrogen) atoms. The largest absolute Gasteiger partial charge is 0.468 e. The molecule has 1 unspecified atom stereocenters. The third-order valence-corrected chi connectivity index (χ3v) is 7.96. The van der Waals surface area contributed by atoms with Crippen molar-refractivity contribution in [1.82, 2.24) is 13.8 Å². The lowest BCUT2D eigenvalue weighted by Crippen LogP contribution is -2.46. The van der Waals surface area contributed by atoms with Crippen molar-refractivity contribution in [1.29, 1.82) is 0 Å². The number of non-ortho nitro benzene ring substituents is 1. The molecule has 1 aliphatic rings. The van der Waals surface area contributed by atoms with E-state index in [1.165, 1.54) is 17.8 Å². The van der Waals surface area contributed by atoms with Gasteiger partial charge in [-0.15, -0.1) is 6.58 Å². The van der Waals surface area contributed by atoms with Gasteiger partial charge in [-0.05, 0) is 12.1 Å². The van der Waals surface area contributed by atoms with Gasteiger partial charge in [-0.1, -0.05) is 21.9 Å². The standard InChI is InChI=1S/C19H21BN4O9S2/c1-3-8-33-24(35(30,31)14-6-4-13(5-7-14)23(28)29)16-10-21(20-12-25)9-15-18(16)34-19(27)22(15)11-17(26)32-2/h3-7,12,16,20H,1,8-11H2,2H3. The number of sulfonamides is 1. The van der Waals surface area contributed by atoms with Crippen molar-refractivity contribution in [2.45, 2.75) is 24.0 Å². The second kappa shape index (κ2) is 11.0. The van der Waals surface area contributed by atoms with Crippen LogP contribution in [0.25, 0.3) is 0 Å². The maximum atomic E-state index is 13.6. The van der Waals surface area contributed by atoms with E-state index >= 15 is 0 Å². The summed E-state index contributed by atoms with van der Waals surface area (Å²) in [6.07, 6.45) is 1.97. The number of esters is 1. The van der Waals surface area contributed by atoms with Gasteiger partial charge in [0.2, 0.25) is 0 Å². The third kappa shape index (κ3) is 5.57. The number of ether oxygens (including phenoxy) is 1. The zero-order chi connectivity index (χ0) is 25.8. The Hall–Kier alpha value is -3.18. The average molecular weight is 524 g/mol. The molecule has 1 atom stereocenters. The maximum absolute atomic E-state index is 13.6. The molecule has 2 heterocycles. The number of nitrogens with zero attached hydrogens (tertiary/aromatic N) is 4. The Morgan fingerprint density at radius 2 is 2.09 bits per heavy atom. The number of hydrogen-bond donors (Lipinski definition) is 0. The summed E-state index contributed by atoms with van der Waals surface area (Å²) in [5.74, 6) is -0.671. The van der Waals surface area contributed by atoms with E-state index in [0.29, 0.717) is 21.2 Å². The van der Waals surface area contributed by atoms with E-state index < -0.39 is 31.8 Å². The SMILES string of the molecule is C=CCON(C1CN(BC=O)Cc2c1sc(=O)n2CC(=O)OC)S(=O)(=O)c1ccc([N+](=O)[O-])cc1. The van der Waals surface area contributed by atoms with Gasteiger partial charge >= 0.3 is 10.8 Å². The topological polar surface area (TPSA) is 158 Å². The van der Waals surface area contributed by atoms with Gasteiger partial charge in [0.25, 0.3) is 23.1 Å². The summed E-state index contributed by atoms with van der Waals surface area (Å²) in [6.45, 7) is 3.07. The van der Waals surface area contributed by atoms with Crippen molar-refractivity contribution in [2.24, 2.45) is 0 Å². The van der Waals surface area contributed by atoms with Crippen molar-refractivity contribution >= 4 is 46.6 Å². The Morgan fingerprint density at radius 1 is 1.40 bits per heavy atom. The molecule has 16 heteroatoms. The fourth-order valence-electron chi connectivity index (χ4n) is 3.54. The van der Waals surface area contributed by atoms with E-state index in [-0.39, 0.29) is 44.2 Å². The van der Waals surface area contributed by atoms with Crippen LogP contribution in [0.5, 0.6) is 0 Å². The molecule has 0 aliphatic carbocycles. The highest BCUT2D eigenvalue weighted by atomic mass is 32.2. The zero-order valence-corrected chi connectivity index (χ0v) is 20.2. The van der Waals surface area contributed by atoms with E-state index in [1.807, 2.05) is 0 Å². The second-order valence-electron chi connectivity index (χ2n) is 7.31. The number of carbonyl (C=O) groups is 2. The Bertz CT molecular complexity index is 1290. The number of nitro groups is 1. The Balaban J connectivity index is 2.13. The Labute approximate surface area is 204 Å². The number of hydrogen-bond acceptors (Lipinski definition) is 11. The normalized spacial score (nSPS) is 15.9. The predicted molar refractivity (Wildman–Crippen MR) is 126 cm³/mol. The van der Waals surface area contributed by atoms with Crippen molar-refractivity contribution in [2.75, 3.05) is 20.3 Å². The highest BCUT2D eigenvalue weighted by Crippen LogP contribution is 2.36. The fourth-order valence-corrected chi connectivity index (χ4v) is 6.07. The lowest BCUT2D eigenvalue weighted by Gasteiger charge is -2.36. The molecule has 13 nitrogen and oxygen atoms in total. The number of methoxy groups -OCH3 is 1. The van der Waals surface area contributed by atoms with Gasteiger partial charge in [-0.2, -0.15) is 0 Å². The van der Waals surface area contributed by atoms with Crippen LogP contribution in [0.3, 0.4) is 0 Å². The van der Waals surface area contributed by atoms with Crippen molar-refractivity contribution in [3.05, 3.63) is 67.3 Å². The summed E-state index contributed by atoms with van der Waals surface area (Å²) in [7, 11) is -3.29. The van der Waals surface area contributed by atoms with Crippen molar-refractivity contribution in [3.8, 4) is 0 Å². The quantitative estimate of drug-likeness (QED) is 0.0993. The molecule has 0 N–H and O–H groups in total. The molecule has 0 saturated carbocycles. The van der Waals surface area contributed by atoms with Gasteiger partial charge in [0, 0.05) is 25.2 Å². The molecule has 0 spiro atoms. The molecule has 1 aromatic carbocycles. The minimum atomic E-state index is -4.40. The monoisotopic (exact) mass is 524 g/mol. The maximum Gasteiger partial charge on any atom is 0.325 e. The second-order valence-corrected chi connectivity index (χ2v) is 10.1. The van der Waals surface area contributed by atoms with Crippen LogP contribution in [-0.2, 0) is 42.3 Å². The molecule has 0 fully saturated rings. The third-order valence-electron chi connectivity index (χ3n) is 5.14. The number of fused-ring (bicyclic) bond motifs is 1. The van der Waals surface area contributed by atoms with E-state index in [0.717, 1.165) is 35.6 Å². The van der Waals surface area contributed by atoms with Crippen LogP contribution in [0.4, 0.5) is 5.69 Å². The fraction of sp³-hybridized carbons (Fsp3) is 0.316. The molecule has 3 rings (SSSR count). The van der Waals surface area contributed by atoms with Crippen LogP contribution >= 0.6 is 11.3 Å². The molecule has 0 bridgehead atoms. The number of rotatable bonds is 11. The molecule has 0 radical (unpaired) electrons. The van der Waals surface area contributed by atoms with E-state index in [1.54, 1.807) is 4.81 Å². The number of thiazole rings is 1. The Kier molecular flexibility index (Phi) is 8.34. The highest BCUT2D eigenvalue weighted by molar-refractivity contribution is 7.89. The van der Waals surface area contributed by atoms with E-state index in [9.17, 15) is 32.9 Å². The average Bonchev–Trinajstić information content (AvgIpc) is 3.14. The van der Waals surface area contributed by atoms with Gasteiger partial charge in [-0.3, -0.25) is 29.1 Å². The number of aromatic nitrogens is 1. The van der Waals surface area contributed by atoms with Crippen LogP contribution in [0, 0.1) is 10.1 Å². The summed E-state index contributed by atoms with van der Waals surface area (Å²) >= 11 is 0.760. The summed E-state index contributed by atoms with van der Waals surface area (Å²) in [5.41, 5.74) is 0.0623. The van der Waals surface area contributed by atoms with E-state index in [2.05, 4.69) is 11.3 Å². The minimum absolute atomic E-state index is 0.00721. The van der Waals surface area contributed by atoms with E-state index in [4.69, 9.17) is 4.84 Å².